The third-order valence-corrected chi connectivity index (χ3v) is 3.21. The molecule has 1 aromatic rings. The molecule has 0 saturated heterocycles. The maximum absolute atomic E-state index is 12.5. The van der Waals surface area contributed by atoms with Crippen LogP contribution in [0.3, 0.4) is 0 Å². The molecule has 0 saturated carbocycles. The molecule has 1 unspecified atom stereocenters. The number of amides is 1. The number of nitrogen functional groups attached to an aromatic ring is 1. The Morgan fingerprint density at radius 1 is 1.50 bits per heavy atom. The van der Waals surface area contributed by atoms with Crippen molar-refractivity contribution < 1.29 is 4.79 Å². The van der Waals surface area contributed by atoms with Crippen LogP contribution in [-0.4, -0.2) is 28.4 Å². The van der Waals surface area contributed by atoms with Gasteiger partial charge in [0.25, 0.3) is 5.91 Å². The van der Waals surface area contributed by atoms with Crippen LogP contribution in [0.1, 0.15) is 50.4 Å². The van der Waals surface area contributed by atoms with Crippen LogP contribution in [0, 0.1) is 0 Å². The largest absolute Gasteiger partial charge is 0.383 e. The second-order valence-corrected chi connectivity index (χ2v) is 4.55. The number of aromatic nitrogens is 1. The van der Waals surface area contributed by atoms with E-state index in [1.54, 1.807) is 18.3 Å². The number of hydrogen-bond donors (Lipinski definition) is 1. The summed E-state index contributed by atoms with van der Waals surface area (Å²) in [5.74, 6) is 0.302. The normalized spacial score (nSPS) is 12.2. The van der Waals surface area contributed by atoms with Gasteiger partial charge in [0.15, 0.2) is 0 Å². The van der Waals surface area contributed by atoms with E-state index in [1.165, 1.54) is 0 Å². The van der Waals surface area contributed by atoms with Crippen LogP contribution in [0.4, 0.5) is 5.82 Å². The summed E-state index contributed by atoms with van der Waals surface area (Å²) in [7, 11) is 0. The first-order chi connectivity index (χ1) is 8.61. The van der Waals surface area contributed by atoms with Crippen LogP contribution in [0.15, 0.2) is 18.3 Å². The molecule has 0 fully saturated rings. The zero-order valence-corrected chi connectivity index (χ0v) is 11.5. The number of rotatable bonds is 6. The molecule has 1 aromatic heterocycles. The molecule has 0 aromatic carbocycles. The van der Waals surface area contributed by atoms with Gasteiger partial charge in [-0.05, 0) is 31.9 Å². The van der Waals surface area contributed by atoms with Gasteiger partial charge in [-0.3, -0.25) is 4.79 Å². The van der Waals surface area contributed by atoms with E-state index >= 15 is 0 Å². The maximum Gasteiger partial charge on any atom is 0.257 e. The molecule has 1 rings (SSSR count). The van der Waals surface area contributed by atoms with Crippen LogP contribution >= 0.6 is 0 Å². The van der Waals surface area contributed by atoms with Crippen LogP contribution < -0.4 is 5.73 Å². The fourth-order valence-corrected chi connectivity index (χ4v) is 1.82. The first kappa shape index (κ1) is 14.5. The summed E-state index contributed by atoms with van der Waals surface area (Å²) in [6.45, 7) is 7.06. The van der Waals surface area contributed by atoms with Crippen molar-refractivity contribution in [2.75, 3.05) is 12.3 Å². The van der Waals surface area contributed by atoms with E-state index in [2.05, 4.69) is 25.8 Å². The van der Waals surface area contributed by atoms with Gasteiger partial charge in [-0.25, -0.2) is 4.98 Å². The second kappa shape index (κ2) is 6.99. The number of carbonyl (C=O) groups is 1. The van der Waals surface area contributed by atoms with Crippen molar-refractivity contribution in [2.24, 2.45) is 0 Å². The molecular formula is C14H23N3O. The van der Waals surface area contributed by atoms with Gasteiger partial charge in [0.2, 0.25) is 0 Å². The topological polar surface area (TPSA) is 59.2 Å². The third kappa shape index (κ3) is 3.45. The lowest BCUT2D eigenvalue weighted by molar-refractivity contribution is 0.0686. The quantitative estimate of drug-likeness (QED) is 0.843. The highest BCUT2D eigenvalue weighted by molar-refractivity contribution is 5.98. The Balaban J connectivity index is 2.91. The van der Waals surface area contributed by atoms with E-state index in [9.17, 15) is 4.79 Å². The van der Waals surface area contributed by atoms with Crippen molar-refractivity contribution in [3.63, 3.8) is 0 Å². The lowest BCUT2D eigenvalue weighted by Gasteiger charge is -2.29. The van der Waals surface area contributed by atoms with Crippen LogP contribution in [0.5, 0.6) is 0 Å². The van der Waals surface area contributed by atoms with Gasteiger partial charge in [0.1, 0.15) is 5.82 Å². The summed E-state index contributed by atoms with van der Waals surface area (Å²) < 4.78 is 0. The smallest absolute Gasteiger partial charge is 0.257 e. The van der Waals surface area contributed by atoms with Gasteiger partial charge in [-0.2, -0.15) is 0 Å². The predicted octanol–water partition coefficient (Wildman–Crippen LogP) is 2.70. The lowest BCUT2D eigenvalue weighted by Crippen LogP contribution is -2.39. The van der Waals surface area contributed by atoms with Crippen molar-refractivity contribution in [3.05, 3.63) is 23.9 Å². The Morgan fingerprint density at radius 3 is 2.78 bits per heavy atom. The Morgan fingerprint density at radius 2 is 2.22 bits per heavy atom. The highest BCUT2D eigenvalue weighted by atomic mass is 16.2. The minimum atomic E-state index is -0.0107. The molecule has 0 radical (unpaired) electrons. The molecule has 4 heteroatoms. The summed E-state index contributed by atoms with van der Waals surface area (Å²) in [6, 6.07) is 3.72. The van der Waals surface area contributed by atoms with Crippen molar-refractivity contribution in [2.45, 2.75) is 46.1 Å². The zero-order valence-electron chi connectivity index (χ0n) is 11.5. The Labute approximate surface area is 109 Å². The Bertz CT molecular complexity index is 392. The minimum absolute atomic E-state index is 0.0107. The number of pyridine rings is 1. The molecule has 0 aliphatic rings. The number of nitrogens with zero attached hydrogens (tertiary/aromatic N) is 2. The van der Waals surface area contributed by atoms with Crippen molar-refractivity contribution in [1.82, 2.24) is 9.88 Å². The molecule has 0 bridgehead atoms. The van der Waals surface area contributed by atoms with Gasteiger partial charge >= 0.3 is 0 Å². The monoisotopic (exact) mass is 249 g/mol. The molecule has 0 aliphatic heterocycles. The standard InChI is InChI=1S/C14H23N3O/c1-4-6-10-17(11(3)5-2)14(18)12-8-7-9-16-13(12)15/h7-9,11H,4-6,10H2,1-3H3,(H2,15,16). The Kier molecular flexibility index (Phi) is 5.62. The fourth-order valence-electron chi connectivity index (χ4n) is 1.82. The number of nitrogens with two attached hydrogens (primary N) is 1. The highest BCUT2D eigenvalue weighted by Gasteiger charge is 2.21. The van der Waals surface area contributed by atoms with E-state index in [4.69, 9.17) is 5.73 Å². The molecule has 4 nitrogen and oxygen atoms in total. The molecule has 100 valence electrons. The average Bonchev–Trinajstić information content (AvgIpc) is 2.39. The van der Waals surface area contributed by atoms with E-state index in [1.807, 2.05) is 4.90 Å². The first-order valence-electron chi connectivity index (χ1n) is 6.63. The highest BCUT2D eigenvalue weighted by Crippen LogP contribution is 2.15. The molecule has 1 amide bonds. The molecule has 2 N–H and O–H groups in total. The number of hydrogen-bond acceptors (Lipinski definition) is 3. The van der Waals surface area contributed by atoms with Crippen molar-refractivity contribution >= 4 is 11.7 Å². The maximum atomic E-state index is 12.5. The second-order valence-electron chi connectivity index (χ2n) is 4.55. The van der Waals surface area contributed by atoms with E-state index in [0.29, 0.717) is 11.4 Å². The van der Waals surface area contributed by atoms with Crippen molar-refractivity contribution in [1.29, 1.82) is 0 Å². The minimum Gasteiger partial charge on any atom is -0.383 e. The number of anilines is 1. The summed E-state index contributed by atoms with van der Waals surface area (Å²) in [5, 5.41) is 0. The molecular weight excluding hydrogens is 226 g/mol. The van der Waals surface area contributed by atoms with Gasteiger partial charge in [-0.1, -0.05) is 20.3 Å². The van der Waals surface area contributed by atoms with E-state index < -0.39 is 0 Å². The first-order valence-corrected chi connectivity index (χ1v) is 6.63. The lowest BCUT2D eigenvalue weighted by atomic mass is 10.1. The molecule has 1 heterocycles. The average molecular weight is 249 g/mol. The molecule has 18 heavy (non-hydrogen) atoms. The number of carbonyl (C=O) groups excluding carboxylic acids is 1. The van der Waals surface area contributed by atoms with Gasteiger partial charge < -0.3 is 10.6 Å². The summed E-state index contributed by atoms with van der Waals surface area (Å²) in [4.78, 5) is 18.4. The van der Waals surface area contributed by atoms with Crippen LogP contribution in [0.2, 0.25) is 0 Å². The molecule has 1 atom stereocenters. The van der Waals surface area contributed by atoms with E-state index in [-0.39, 0.29) is 11.9 Å². The zero-order chi connectivity index (χ0) is 13.5. The molecule has 0 spiro atoms. The Hall–Kier alpha value is -1.58. The SMILES string of the molecule is CCCCN(C(=O)c1cccnc1N)C(C)CC. The summed E-state index contributed by atoms with van der Waals surface area (Å²) >= 11 is 0. The predicted molar refractivity (Wildman–Crippen MR) is 74.3 cm³/mol. The summed E-state index contributed by atoms with van der Waals surface area (Å²) in [5.41, 5.74) is 6.28. The summed E-state index contributed by atoms with van der Waals surface area (Å²) in [6.07, 6.45) is 4.63. The van der Waals surface area contributed by atoms with Crippen LogP contribution in [0.25, 0.3) is 0 Å². The van der Waals surface area contributed by atoms with Crippen LogP contribution in [-0.2, 0) is 0 Å². The van der Waals surface area contributed by atoms with E-state index in [0.717, 1.165) is 25.8 Å². The number of unbranched alkanes of at least 4 members (excludes halogenated alkanes) is 1. The van der Waals surface area contributed by atoms with Gasteiger partial charge in [-0.15, -0.1) is 0 Å². The van der Waals surface area contributed by atoms with Gasteiger partial charge in [0.05, 0.1) is 5.56 Å². The third-order valence-electron chi connectivity index (χ3n) is 3.21. The fraction of sp³-hybridized carbons (Fsp3) is 0.571. The van der Waals surface area contributed by atoms with Gasteiger partial charge in [0, 0.05) is 18.8 Å². The molecule has 0 aliphatic carbocycles. The van der Waals surface area contributed by atoms with Crippen molar-refractivity contribution in [3.8, 4) is 0 Å².